The second-order valence-electron chi connectivity index (χ2n) is 3.59. The molecule has 0 amide bonds. The third-order valence-corrected chi connectivity index (χ3v) is 2.13. The molecular formula is C9H18O6. The predicted octanol–water partition coefficient (Wildman–Crippen LogP) is -1.65. The summed E-state index contributed by atoms with van der Waals surface area (Å²) in [4.78, 5) is 0. The summed E-state index contributed by atoms with van der Waals surface area (Å²) >= 11 is 0. The zero-order valence-corrected chi connectivity index (χ0v) is 8.55. The summed E-state index contributed by atoms with van der Waals surface area (Å²) in [6, 6.07) is 0. The topological polar surface area (TPSA) is 95.3 Å². The van der Waals surface area contributed by atoms with Gasteiger partial charge in [0, 0.05) is 0 Å². The maximum Gasteiger partial charge on any atom is 0.104 e. The average Bonchev–Trinajstić information content (AvgIpc) is 3.01. The van der Waals surface area contributed by atoms with Crippen molar-refractivity contribution in [1.29, 1.82) is 0 Å². The largest absolute Gasteiger partial charge is 0.412 e. The van der Waals surface area contributed by atoms with E-state index < -0.39 is 0 Å². The van der Waals surface area contributed by atoms with E-state index in [0.717, 1.165) is 13.2 Å². The molecule has 2 heterocycles. The summed E-state index contributed by atoms with van der Waals surface area (Å²) in [5, 5.41) is 8.96. The van der Waals surface area contributed by atoms with Crippen molar-refractivity contribution in [1.82, 2.24) is 0 Å². The first-order valence-corrected chi connectivity index (χ1v) is 4.92. The van der Waals surface area contributed by atoms with Crippen LogP contribution in [0.25, 0.3) is 0 Å². The molecule has 6 heteroatoms. The van der Waals surface area contributed by atoms with Crippen LogP contribution in [0.2, 0.25) is 0 Å². The van der Waals surface area contributed by atoms with E-state index in [1.165, 1.54) is 0 Å². The normalized spacial score (nSPS) is 29.4. The molecule has 0 aromatic carbocycles. The van der Waals surface area contributed by atoms with Crippen LogP contribution in [-0.2, 0) is 18.9 Å². The quantitative estimate of drug-likeness (QED) is 0.497. The lowest BCUT2D eigenvalue weighted by Crippen LogP contribution is -2.26. The van der Waals surface area contributed by atoms with Gasteiger partial charge in [0.2, 0.25) is 0 Å². The van der Waals surface area contributed by atoms with Crippen LogP contribution in [-0.4, -0.2) is 68.5 Å². The van der Waals surface area contributed by atoms with Gasteiger partial charge in [-0.3, -0.25) is 0 Å². The van der Waals surface area contributed by atoms with E-state index in [9.17, 15) is 0 Å². The van der Waals surface area contributed by atoms with Gasteiger partial charge in [0.15, 0.2) is 0 Å². The summed E-state index contributed by atoms with van der Waals surface area (Å²) < 4.78 is 20.7. The molecule has 2 saturated heterocycles. The summed E-state index contributed by atoms with van der Waals surface area (Å²) in [5.41, 5.74) is 0. The molecule has 2 aliphatic heterocycles. The van der Waals surface area contributed by atoms with E-state index >= 15 is 0 Å². The van der Waals surface area contributed by atoms with Crippen molar-refractivity contribution in [3.8, 4) is 0 Å². The number of aliphatic hydroxyl groups is 1. The highest BCUT2D eigenvalue weighted by atomic mass is 16.6. The van der Waals surface area contributed by atoms with Gasteiger partial charge < -0.3 is 29.5 Å². The van der Waals surface area contributed by atoms with E-state index in [-0.39, 0.29) is 30.4 Å². The van der Waals surface area contributed by atoms with E-state index in [1.54, 1.807) is 0 Å². The lowest BCUT2D eigenvalue weighted by Gasteiger charge is -2.14. The van der Waals surface area contributed by atoms with Crippen molar-refractivity contribution in [2.24, 2.45) is 0 Å². The van der Waals surface area contributed by atoms with Gasteiger partial charge in [-0.1, -0.05) is 0 Å². The third kappa shape index (κ3) is 5.41. The molecule has 0 aromatic heterocycles. The predicted molar refractivity (Wildman–Crippen MR) is 50.7 cm³/mol. The Balaban J connectivity index is 0.00000112. The fourth-order valence-corrected chi connectivity index (χ4v) is 1.06. The Morgan fingerprint density at radius 2 is 1.80 bits per heavy atom. The van der Waals surface area contributed by atoms with Crippen LogP contribution < -0.4 is 0 Å². The van der Waals surface area contributed by atoms with Crippen molar-refractivity contribution >= 4 is 0 Å². The molecule has 3 N–H and O–H groups in total. The number of hydrogen-bond donors (Lipinski definition) is 1. The molecule has 2 fully saturated rings. The van der Waals surface area contributed by atoms with Crippen LogP contribution in [0.1, 0.15) is 0 Å². The standard InChI is InChI=1S/C9H16O5.H2O/c10-1-7(12-5-9-6-14-9)2-11-3-8-4-13-8;/h7-10H,1-6H2;1H2. The maximum atomic E-state index is 8.96. The molecule has 2 rings (SSSR count). The number of epoxide rings is 2. The molecule has 15 heavy (non-hydrogen) atoms. The van der Waals surface area contributed by atoms with Crippen LogP contribution >= 0.6 is 0 Å². The Morgan fingerprint density at radius 3 is 2.33 bits per heavy atom. The highest BCUT2D eigenvalue weighted by Gasteiger charge is 2.25. The van der Waals surface area contributed by atoms with Crippen LogP contribution in [0.5, 0.6) is 0 Å². The minimum absolute atomic E-state index is 0. The number of rotatable bonds is 8. The number of ether oxygens (including phenoxy) is 4. The first kappa shape index (κ1) is 12.8. The summed E-state index contributed by atoms with van der Waals surface area (Å²) in [7, 11) is 0. The van der Waals surface area contributed by atoms with Crippen LogP contribution in [0.15, 0.2) is 0 Å². The SMILES string of the molecule is O.OCC(COCC1CO1)OCC1CO1. The van der Waals surface area contributed by atoms with Gasteiger partial charge in [-0.25, -0.2) is 0 Å². The Morgan fingerprint density at radius 1 is 1.20 bits per heavy atom. The molecule has 0 spiro atoms. The van der Waals surface area contributed by atoms with Gasteiger partial charge in [-0.15, -0.1) is 0 Å². The Labute approximate surface area is 88.4 Å². The maximum absolute atomic E-state index is 8.96. The first-order chi connectivity index (χ1) is 6.88. The van der Waals surface area contributed by atoms with Crippen molar-refractivity contribution in [2.45, 2.75) is 18.3 Å². The smallest absolute Gasteiger partial charge is 0.104 e. The summed E-state index contributed by atoms with van der Waals surface area (Å²) in [6.45, 7) is 3.12. The van der Waals surface area contributed by atoms with Gasteiger partial charge >= 0.3 is 0 Å². The number of hydrogen-bond acceptors (Lipinski definition) is 5. The monoisotopic (exact) mass is 222 g/mol. The molecule has 6 nitrogen and oxygen atoms in total. The van der Waals surface area contributed by atoms with Crippen LogP contribution in [0, 0.1) is 0 Å². The van der Waals surface area contributed by atoms with Gasteiger partial charge in [-0.2, -0.15) is 0 Å². The van der Waals surface area contributed by atoms with E-state index in [4.69, 9.17) is 24.1 Å². The minimum atomic E-state index is -0.238. The van der Waals surface area contributed by atoms with Crippen molar-refractivity contribution in [3.63, 3.8) is 0 Å². The third-order valence-electron chi connectivity index (χ3n) is 2.13. The Kier molecular flexibility index (Phi) is 5.44. The van der Waals surface area contributed by atoms with Crippen molar-refractivity contribution < 1.29 is 29.5 Å². The zero-order valence-electron chi connectivity index (χ0n) is 8.55. The molecule has 0 saturated carbocycles. The van der Waals surface area contributed by atoms with E-state index in [1.807, 2.05) is 0 Å². The molecule has 90 valence electrons. The highest BCUT2D eigenvalue weighted by molar-refractivity contribution is 4.70. The molecular weight excluding hydrogens is 204 g/mol. The van der Waals surface area contributed by atoms with Crippen molar-refractivity contribution in [3.05, 3.63) is 0 Å². The molecule has 0 aliphatic carbocycles. The van der Waals surface area contributed by atoms with Crippen LogP contribution in [0.3, 0.4) is 0 Å². The Bertz CT molecular complexity index is 168. The lowest BCUT2D eigenvalue weighted by molar-refractivity contribution is -0.0481. The molecule has 0 aromatic rings. The Hall–Kier alpha value is -0.240. The summed E-state index contributed by atoms with van der Waals surface area (Å²) in [5.74, 6) is 0. The van der Waals surface area contributed by atoms with Crippen molar-refractivity contribution in [2.75, 3.05) is 39.6 Å². The zero-order chi connectivity index (χ0) is 9.80. The molecule has 3 unspecified atom stereocenters. The second-order valence-corrected chi connectivity index (χ2v) is 3.59. The first-order valence-electron chi connectivity index (χ1n) is 4.92. The molecule has 0 bridgehead atoms. The fourth-order valence-electron chi connectivity index (χ4n) is 1.06. The molecule has 3 atom stereocenters. The fraction of sp³-hybridized carbons (Fsp3) is 1.00. The average molecular weight is 222 g/mol. The van der Waals surface area contributed by atoms with Gasteiger partial charge in [-0.05, 0) is 0 Å². The second kappa shape index (κ2) is 6.37. The molecule has 2 aliphatic rings. The van der Waals surface area contributed by atoms with E-state index in [0.29, 0.717) is 19.8 Å². The van der Waals surface area contributed by atoms with Gasteiger partial charge in [0.05, 0.1) is 39.6 Å². The minimum Gasteiger partial charge on any atom is -0.412 e. The van der Waals surface area contributed by atoms with Gasteiger partial charge in [0.1, 0.15) is 18.3 Å². The summed E-state index contributed by atoms with van der Waals surface area (Å²) in [6.07, 6.45) is 0.259. The van der Waals surface area contributed by atoms with E-state index in [2.05, 4.69) is 0 Å². The van der Waals surface area contributed by atoms with Crippen LogP contribution in [0.4, 0.5) is 0 Å². The van der Waals surface area contributed by atoms with Gasteiger partial charge in [0.25, 0.3) is 0 Å². The number of aliphatic hydroxyl groups excluding tert-OH is 1. The molecule has 0 radical (unpaired) electrons. The lowest BCUT2D eigenvalue weighted by atomic mass is 10.4. The highest BCUT2D eigenvalue weighted by Crippen LogP contribution is 2.11.